The minimum Gasteiger partial charge on any atom is -0.545 e. The number of carboxylic acids is 2. The molecule has 3 rings (SSSR count). The molecule has 0 amide bonds. The van der Waals surface area contributed by atoms with Gasteiger partial charge in [0, 0.05) is 33.3 Å². The summed E-state index contributed by atoms with van der Waals surface area (Å²) >= 11 is 0. The molecule has 0 spiro atoms. The van der Waals surface area contributed by atoms with Crippen LogP contribution in [0.1, 0.15) is 32.1 Å². The third-order valence-corrected chi connectivity index (χ3v) is 3.75. The number of nitrogens with two attached hydrogens (primary N) is 1. The van der Waals surface area contributed by atoms with Gasteiger partial charge in [0.05, 0.1) is 28.7 Å². The number of nitrogens with zero attached hydrogens (tertiary/aromatic N) is 2. The van der Waals surface area contributed by atoms with E-state index in [-0.39, 0.29) is 28.2 Å². The number of pyridine rings is 2. The van der Waals surface area contributed by atoms with Crippen molar-refractivity contribution in [3.63, 3.8) is 0 Å². The summed E-state index contributed by atoms with van der Waals surface area (Å²) in [6.07, 6.45) is 0. The van der Waals surface area contributed by atoms with Crippen molar-refractivity contribution < 1.29 is 19.8 Å². The zero-order valence-electron chi connectivity index (χ0n) is 12.3. The number of aromatic nitrogens is 2. The van der Waals surface area contributed by atoms with E-state index in [0.717, 1.165) is 0 Å². The summed E-state index contributed by atoms with van der Waals surface area (Å²) in [5.74, 6) is -2.68. The maximum atomic E-state index is 11.1. The number of hydrogen-bond acceptors (Lipinski definition) is 7. The summed E-state index contributed by atoms with van der Waals surface area (Å²) in [5.41, 5.74) is 7.65. The molecule has 0 radical (unpaired) electrons. The number of benzene rings is 1. The predicted molar refractivity (Wildman–Crippen MR) is 79.6 cm³/mol. The van der Waals surface area contributed by atoms with Crippen LogP contribution in [0.5, 0.6) is 0 Å². The molecule has 0 unspecified atom stereocenters. The summed E-state index contributed by atoms with van der Waals surface area (Å²) in [6, 6.07) is 4.40. The number of aromatic carboxylic acids is 2. The fourth-order valence-corrected chi connectivity index (χ4v) is 2.59. The zero-order chi connectivity index (χ0) is 16.9. The first-order valence-corrected chi connectivity index (χ1v) is 6.73. The van der Waals surface area contributed by atoms with E-state index in [1.165, 1.54) is 12.1 Å². The largest absolute Gasteiger partial charge is 0.545 e. The molecule has 0 aliphatic heterocycles. The molecule has 2 aromatic heterocycles. The molecule has 1 aromatic carbocycles. The molecule has 23 heavy (non-hydrogen) atoms. The summed E-state index contributed by atoms with van der Waals surface area (Å²) in [4.78, 5) is 30.7. The van der Waals surface area contributed by atoms with E-state index in [1.54, 1.807) is 19.9 Å². The Morgan fingerprint density at radius 3 is 1.61 bits per heavy atom. The van der Waals surface area contributed by atoms with Gasteiger partial charge in [-0.1, -0.05) is 0 Å². The van der Waals surface area contributed by atoms with Crippen LogP contribution < -0.4 is 15.9 Å². The fourth-order valence-electron chi connectivity index (χ4n) is 2.59. The summed E-state index contributed by atoms with van der Waals surface area (Å²) in [7, 11) is 0. The monoisotopic (exact) mass is 309 g/mol. The topological polar surface area (TPSA) is 132 Å². The van der Waals surface area contributed by atoms with Gasteiger partial charge in [-0.15, -0.1) is 0 Å². The third kappa shape index (κ3) is 2.22. The number of carbonyl (C=O) groups excluding carboxylic acids is 2. The van der Waals surface area contributed by atoms with Crippen LogP contribution in [-0.2, 0) is 0 Å². The highest BCUT2D eigenvalue weighted by Gasteiger charge is 2.13. The molecule has 0 bridgehead atoms. The van der Waals surface area contributed by atoms with Gasteiger partial charge in [0.1, 0.15) is 0 Å². The predicted octanol–water partition coefficient (Wildman–Crippen LogP) is -0.291. The number of fused-ring (bicyclic) bond motifs is 2. The third-order valence-electron chi connectivity index (χ3n) is 3.75. The molecule has 0 fully saturated rings. The van der Waals surface area contributed by atoms with Crippen molar-refractivity contribution in [3.05, 3.63) is 40.7 Å². The van der Waals surface area contributed by atoms with Crippen molar-refractivity contribution >= 4 is 39.4 Å². The Hall–Kier alpha value is -3.22. The van der Waals surface area contributed by atoms with Crippen LogP contribution in [0.15, 0.2) is 18.2 Å². The van der Waals surface area contributed by atoms with Gasteiger partial charge in [-0.05, 0) is 32.0 Å². The minimum absolute atomic E-state index is 0.0450. The lowest BCUT2D eigenvalue weighted by molar-refractivity contribution is -0.256. The Labute approximate surface area is 130 Å². The van der Waals surface area contributed by atoms with E-state index >= 15 is 0 Å². The molecule has 2 heterocycles. The molecule has 7 nitrogen and oxygen atoms in total. The van der Waals surface area contributed by atoms with Crippen LogP contribution in [0, 0.1) is 13.8 Å². The molecule has 2 N–H and O–H groups in total. The van der Waals surface area contributed by atoms with E-state index in [1.807, 2.05) is 0 Å². The van der Waals surface area contributed by atoms with Gasteiger partial charge in [-0.3, -0.25) is 9.97 Å². The molecule has 116 valence electrons. The standard InChI is InChI=1S/C16H13N3O4/c1-6-10(15(20)21)4-8-3-9-5-11(16(22)23)7(2)19-14(9)12(17)13(8)18-6/h3-5H,17H2,1-2H3,(H,20,21)(H,22,23)/p-2. The van der Waals surface area contributed by atoms with Gasteiger partial charge < -0.3 is 25.5 Å². The van der Waals surface area contributed by atoms with E-state index in [4.69, 9.17) is 5.73 Å². The van der Waals surface area contributed by atoms with Crippen LogP contribution in [0.4, 0.5) is 5.69 Å². The van der Waals surface area contributed by atoms with Crippen LogP contribution in [0.25, 0.3) is 21.8 Å². The Bertz CT molecular complexity index is 934. The van der Waals surface area contributed by atoms with Crippen molar-refractivity contribution in [2.45, 2.75) is 13.8 Å². The van der Waals surface area contributed by atoms with E-state index in [9.17, 15) is 19.8 Å². The number of carboxylic acid groups (broad SMARTS) is 2. The molecular formula is C16H11N3O4-2. The lowest BCUT2D eigenvalue weighted by Gasteiger charge is -2.13. The van der Waals surface area contributed by atoms with Gasteiger partial charge in [0.25, 0.3) is 0 Å². The van der Waals surface area contributed by atoms with Crippen molar-refractivity contribution in [2.24, 2.45) is 0 Å². The SMILES string of the molecule is Cc1nc2c(N)c3nc(C)c(C(=O)[O-])cc3cc2cc1C(=O)[O-]. The second kappa shape index (κ2) is 4.91. The van der Waals surface area contributed by atoms with E-state index in [0.29, 0.717) is 21.8 Å². The highest BCUT2D eigenvalue weighted by Crippen LogP contribution is 2.30. The van der Waals surface area contributed by atoms with E-state index < -0.39 is 11.9 Å². The first-order chi connectivity index (χ1) is 10.8. The van der Waals surface area contributed by atoms with Gasteiger partial charge in [-0.2, -0.15) is 0 Å². The van der Waals surface area contributed by atoms with Crippen molar-refractivity contribution in [1.29, 1.82) is 0 Å². The molecule has 0 aliphatic rings. The van der Waals surface area contributed by atoms with Crippen LogP contribution >= 0.6 is 0 Å². The van der Waals surface area contributed by atoms with Gasteiger partial charge in [-0.25, -0.2) is 0 Å². The smallest absolute Gasteiger partial charge is 0.0957 e. The molecule has 0 saturated carbocycles. The van der Waals surface area contributed by atoms with Gasteiger partial charge in [0.15, 0.2) is 0 Å². The second-order valence-electron chi connectivity index (χ2n) is 5.25. The highest BCUT2D eigenvalue weighted by atomic mass is 16.4. The molecule has 0 atom stereocenters. The molecule has 3 aromatic rings. The fraction of sp³-hybridized carbons (Fsp3) is 0.125. The zero-order valence-corrected chi connectivity index (χ0v) is 12.3. The highest BCUT2D eigenvalue weighted by molar-refractivity contribution is 6.09. The molecular weight excluding hydrogens is 298 g/mol. The van der Waals surface area contributed by atoms with Crippen LogP contribution in [-0.4, -0.2) is 21.9 Å². The summed E-state index contributed by atoms with van der Waals surface area (Å²) in [6.45, 7) is 3.10. The first-order valence-electron chi connectivity index (χ1n) is 6.73. The average molecular weight is 309 g/mol. The Morgan fingerprint density at radius 2 is 1.26 bits per heavy atom. The number of aryl methyl sites for hydroxylation is 2. The maximum Gasteiger partial charge on any atom is 0.0957 e. The van der Waals surface area contributed by atoms with Gasteiger partial charge in [0.2, 0.25) is 0 Å². The van der Waals surface area contributed by atoms with Crippen LogP contribution in [0.2, 0.25) is 0 Å². The lowest BCUT2D eigenvalue weighted by Crippen LogP contribution is -2.24. The number of carbonyl (C=O) groups is 2. The second-order valence-corrected chi connectivity index (χ2v) is 5.25. The quantitative estimate of drug-likeness (QED) is 0.508. The molecule has 0 aliphatic carbocycles. The Balaban J connectivity index is 2.45. The Kier molecular flexibility index (Phi) is 3.14. The minimum atomic E-state index is -1.34. The maximum absolute atomic E-state index is 11.1. The van der Waals surface area contributed by atoms with Crippen LogP contribution in [0.3, 0.4) is 0 Å². The molecule has 0 saturated heterocycles. The number of rotatable bonds is 2. The first kappa shape index (κ1) is 14.7. The van der Waals surface area contributed by atoms with E-state index in [2.05, 4.69) is 9.97 Å². The lowest BCUT2D eigenvalue weighted by atomic mass is 10.0. The number of anilines is 1. The normalized spacial score (nSPS) is 11.0. The summed E-state index contributed by atoms with van der Waals surface area (Å²) < 4.78 is 0. The Morgan fingerprint density at radius 1 is 0.870 bits per heavy atom. The van der Waals surface area contributed by atoms with Crippen molar-refractivity contribution in [3.8, 4) is 0 Å². The van der Waals surface area contributed by atoms with Gasteiger partial charge >= 0.3 is 0 Å². The molecule has 7 heteroatoms. The average Bonchev–Trinajstić information content (AvgIpc) is 2.47. The summed E-state index contributed by atoms with van der Waals surface area (Å²) in [5, 5.41) is 23.2. The van der Waals surface area contributed by atoms with Crippen molar-refractivity contribution in [1.82, 2.24) is 9.97 Å². The van der Waals surface area contributed by atoms with Crippen molar-refractivity contribution in [2.75, 3.05) is 5.73 Å². The number of hydrogen-bond donors (Lipinski definition) is 1. The number of nitrogen functional groups attached to an aromatic ring is 1.